The Balaban J connectivity index is 2.10. The lowest BCUT2D eigenvalue weighted by Gasteiger charge is -2.29. The van der Waals surface area contributed by atoms with E-state index in [9.17, 15) is 4.79 Å². The van der Waals surface area contributed by atoms with E-state index in [0.29, 0.717) is 18.7 Å². The second-order valence-electron chi connectivity index (χ2n) is 4.71. The van der Waals surface area contributed by atoms with Gasteiger partial charge in [-0.15, -0.1) is 0 Å². The Hall–Kier alpha value is -1.22. The van der Waals surface area contributed by atoms with Crippen molar-refractivity contribution in [3.8, 4) is 0 Å². The average molecular weight is 204 g/mol. The van der Waals surface area contributed by atoms with E-state index in [0.717, 1.165) is 12.2 Å². The molecule has 1 aromatic heterocycles. The maximum absolute atomic E-state index is 11.4. The quantitative estimate of drug-likeness (QED) is 0.734. The molecule has 1 aliphatic rings. The number of carbonyl (C=O) groups excluding carboxylic acids is 1. The highest BCUT2D eigenvalue weighted by atomic mass is 16.1. The summed E-state index contributed by atoms with van der Waals surface area (Å²) in [4.78, 5) is 17.9. The van der Waals surface area contributed by atoms with Crippen molar-refractivity contribution in [2.75, 3.05) is 6.54 Å². The van der Waals surface area contributed by atoms with Gasteiger partial charge in [-0.3, -0.25) is 14.7 Å². The van der Waals surface area contributed by atoms with Crippen molar-refractivity contribution < 1.29 is 4.79 Å². The van der Waals surface area contributed by atoms with Gasteiger partial charge in [-0.1, -0.05) is 6.07 Å². The molecule has 2 heterocycles. The smallest absolute Gasteiger partial charge is 0.148 e. The van der Waals surface area contributed by atoms with E-state index in [4.69, 9.17) is 0 Å². The van der Waals surface area contributed by atoms with Crippen LogP contribution in [0.15, 0.2) is 24.4 Å². The molecule has 3 heteroatoms. The van der Waals surface area contributed by atoms with Crippen LogP contribution in [0.25, 0.3) is 0 Å². The molecule has 0 unspecified atom stereocenters. The molecule has 0 amide bonds. The number of Topliss-reactive ketones (excluding diaryl/α,β-unsaturated/α-hetero) is 1. The van der Waals surface area contributed by atoms with Crippen molar-refractivity contribution >= 4 is 5.78 Å². The Morgan fingerprint density at radius 1 is 1.47 bits per heavy atom. The van der Waals surface area contributed by atoms with E-state index in [1.165, 1.54) is 0 Å². The molecule has 0 spiro atoms. The lowest BCUT2D eigenvalue weighted by Crippen LogP contribution is -2.37. The topological polar surface area (TPSA) is 33.2 Å². The van der Waals surface area contributed by atoms with Gasteiger partial charge < -0.3 is 0 Å². The fourth-order valence-electron chi connectivity index (χ4n) is 2.03. The maximum atomic E-state index is 11.4. The minimum absolute atomic E-state index is 0.0192. The maximum Gasteiger partial charge on any atom is 0.148 e. The Kier molecular flexibility index (Phi) is 2.57. The molecule has 0 radical (unpaired) electrons. The number of ketones is 1. The normalized spacial score (nSPS) is 20.8. The standard InChI is InChI=1S/C12H16N2O/c1-12(2)7-11(15)9-14(12)8-10-5-3-4-6-13-10/h3-6H,7-9H2,1-2H3. The van der Waals surface area contributed by atoms with Crippen molar-refractivity contribution in [3.05, 3.63) is 30.1 Å². The van der Waals surface area contributed by atoms with E-state index in [1.807, 2.05) is 18.2 Å². The van der Waals surface area contributed by atoms with Crippen LogP contribution in [-0.4, -0.2) is 27.8 Å². The SMILES string of the molecule is CC1(C)CC(=O)CN1Cc1ccccn1. The van der Waals surface area contributed by atoms with Crippen LogP contribution in [0, 0.1) is 0 Å². The monoisotopic (exact) mass is 204 g/mol. The van der Waals surface area contributed by atoms with Gasteiger partial charge in [0.1, 0.15) is 5.78 Å². The van der Waals surface area contributed by atoms with Crippen LogP contribution < -0.4 is 0 Å². The molecule has 1 aromatic rings. The molecule has 0 aromatic carbocycles. The van der Waals surface area contributed by atoms with Crippen LogP contribution in [-0.2, 0) is 11.3 Å². The van der Waals surface area contributed by atoms with Gasteiger partial charge >= 0.3 is 0 Å². The molecule has 1 aliphatic heterocycles. The van der Waals surface area contributed by atoms with Gasteiger partial charge in [-0.25, -0.2) is 0 Å². The summed E-state index contributed by atoms with van der Waals surface area (Å²) < 4.78 is 0. The third kappa shape index (κ3) is 2.23. The average Bonchev–Trinajstić information content (AvgIpc) is 2.41. The van der Waals surface area contributed by atoms with Crippen molar-refractivity contribution in [2.24, 2.45) is 0 Å². The van der Waals surface area contributed by atoms with Crippen molar-refractivity contribution in [2.45, 2.75) is 32.4 Å². The van der Waals surface area contributed by atoms with Crippen LogP contribution in [0.4, 0.5) is 0 Å². The minimum atomic E-state index is -0.0192. The molecule has 2 rings (SSSR count). The van der Waals surface area contributed by atoms with Crippen molar-refractivity contribution in [1.82, 2.24) is 9.88 Å². The predicted molar refractivity (Wildman–Crippen MR) is 58.4 cm³/mol. The summed E-state index contributed by atoms with van der Waals surface area (Å²) in [6.45, 7) is 5.55. The third-order valence-electron chi connectivity index (χ3n) is 2.93. The summed E-state index contributed by atoms with van der Waals surface area (Å²) in [5.41, 5.74) is 1.01. The van der Waals surface area contributed by atoms with Crippen molar-refractivity contribution in [1.29, 1.82) is 0 Å². The summed E-state index contributed by atoms with van der Waals surface area (Å²) >= 11 is 0. The third-order valence-corrected chi connectivity index (χ3v) is 2.93. The molecule has 1 fully saturated rings. The Labute approximate surface area is 90.1 Å². The number of likely N-dealkylation sites (tertiary alicyclic amines) is 1. The second-order valence-corrected chi connectivity index (χ2v) is 4.71. The molecule has 0 N–H and O–H groups in total. The summed E-state index contributed by atoms with van der Waals surface area (Å²) in [7, 11) is 0. The largest absolute Gasteiger partial charge is 0.298 e. The lowest BCUT2D eigenvalue weighted by atomic mass is 10.0. The first-order valence-corrected chi connectivity index (χ1v) is 5.24. The molecule has 0 atom stereocenters. The van der Waals surface area contributed by atoms with Crippen LogP contribution in [0.3, 0.4) is 0 Å². The van der Waals surface area contributed by atoms with Crippen LogP contribution >= 0.6 is 0 Å². The molecule has 80 valence electrons. The first kappa shape index (κ1) is 10.3. The summed E-state index contributed by atoms with van der Waals surface area (Å²) in [5.74, 6) is 0.330. The molecule has 0 aliphatic carbocycles. The minimum Gasteiger partial charge on any atom is -0.298 e. The number of hydrogen-bond donors (Lipinski definition) is 0. The number of carbonyl (C=O) groups is 1. The number of aromatic nitrogens is 1. The van der Waals surface area contributed by atoms with Crippen LogP contribution in [0.1, 0.15) is 26.0 Å². The van der Waals surface area contributed by atoms with Gasteiger partial charge in [-0.05, 0) is 26.0 Å². The molecular formula is C12H16N2O. The molecule has 1 saturated heterocycles. The van der Waals surface area contributed by atoms with Gasteiger partial charge in [0.25, 0.3) is 0 Å². The summed E-state index contributed by atoms with van der Waals surface area (Å²) in [5, 5.41) is 0. The zero-order valence-electron chi connectivity index (χ0n) is 9.23. The predicted octanol–water partition coefficient (Wildman–Crippen LogP) is 1.64. The number of rotatable bonds is 2. The molecule has 0 bridgehead atoms. The Morgan fingerprint density at radius 3 is 2.80 bits per heavy atom. The highest BCUT2D eigenvalue weighted by Gasteiger charge is 2.37. The van der Waals surface area contributed by atoms with Crippen molar-refractivity contribution in [3.63, 3.8) is 0 Å². The zero-order valence-corrected chi connectivity index (χ0v) is 9.23. The summed E-state index contributed by atoms with van der Waals surface area (Å²) in [6.07, 6.45) is 2.44. The lowest BCUT2D eigenvalue weighted by molar-refractivity contribution is -0.117. The first-order valence-electron chi connectivity index (χ1n) is 5.24. The highest BCUT2D eigenvalue weighted by Crippen LogP contribution is 2.27. The molecule has 3 nitrogen and oxygen atoms in total. The molecule has 15 heavy (non-hydrogen) atoms. The molecular weight excluding hydrogens is 188 g/mol. The van der Waals surface area contributed by atoms with Gasteiger partial charge in [0, 0.05) is 24.7 Å². The fourth-order valence-corrected chi connectivity index (χ4v) is 2.03. The first-order chi connectivity index (χ1) is 7.08. The van der Waals surface area contributed by atoms with Gasteiger partial charge in [0.05, 0.1) is 12.2 Å². The second kappa shape index (κ2) is 3.74. The van der Waals surface area contributed by atoms with Crippen LogP contribution in [0.2, 0.25) is 0 Å². The van der Waals surface area contributed by atoms with E-state index in [2.05, 4.69) is 23.7 Å². The summed E-state index contributed by atoms with van der Waals surface area (Å²) in [6, 6.07) is 5.88. The number of nitrogens with zero attached hydrogens (tertiary/aromatic N) is 2. The van der Waals surface area contributed by atoms with Gasteiger partial charge in [-0.2, -0.15) is 0 Å². The Morgan fingerprint density at radius 2 is 2.27 bits per heavy atom. The molecule has 0 saturated carbocycles. The van der Waals surface area contributed by atoms with E-state index < -0.39 is 0 Å². The van der Waals surface area contributed by atoms with E-state index >= 15 is 0 Å². The fraction of sp³-hybridized carbons (Fsp3) is 0.500. The zero-order chi connectivity index (χ0) is 10.9. The van der Waals surface area contributed by atoms with Gasteiger partial charge in [0.15, 0.2) is 0 Å². The number of hydrogen-bond acceptors (Lipinski definition) is 3. The van der Waals surface area contributed by atoms with E-state index in [1.54, 1.807) is 6.20 Å². The number of pyridine rings is 1. The van der Waals surface area contributed by atoms with Gasteiger partial charge in [0.2, 0.25) is 0 Å². The van der Waals surface area contributed by atoms with Crippen LogP contribution in [0.5, 0.6) is 0 Å². The van der Waals surface area contributed by atoms with E-state index in [-0.39, 0.29) is 5.54 Å². The highest BCUT2D eigenvalue weighted by molar-refractivity contribution is 5.84. The Bertz CT molecular complexity index is 359.